The van der Waals surface area contributed by atoms with Gasteiger partial charge < -0.3 is 15.5 Å². The van der Waals surface area contributed by atoms with E-state index in [0.717, 1.165) is 77.6 Å². The van der Waals surface area contributed by atoms with Crippen LogP contribution in [0.15, 0.2) is 29.6 Å². The minimum atomic E-state index is 0.417. The van der Waals surface area contributed by atoms with Crippen molar-refractivity contribution in [3.63, 3.8) is 0 Å². The SMILES string of the molecule is O=NCCCN1CCNCCN(Cc2ccccn2)CCNCC1. The molecule has 1 aliphatic rings. The van der Waals surface area contributed by atoms with Gasteiger partial charge in [0.25, 0.3) is 0 Å². The number of nitroso groups, excluding NO2 is 1. The Labute approximate surface area is 144 Å². The summed E-state index contributed by atoms with van der Waals surface area (Å²) in [7, 11) is 0. The Morgan fingerprint density at radius 3 is 2.25 bits per heavy atom. The van der Waals surface area contributed by atoms with Crippen LogP contribution in [0.4, 0.5) is 0 Å². The summed E-state index contributed by atoms with van der Waals surface area (Å²) < 4.78 is 0. The summed E-state index contributed by atoms with van der Waals surface area (Å²) in [4.78, 5) is 19.5. The average molecular weight is 334 g/mol. The Balaban J connectivity index is 1.74. The van der Waals surface area contributed by atoms with Gasteiger partial charge in [-0.1, -0.05) is 11.2 Å². The van der Waals surface area contributed by atoms with Gasteiger partial charge in [0.2, 0.25) is 0 Å². The first-order valence-corrected chi connectivity index (χ1v) is 8.93. The third-order valence-electron chi connectivity index (χ3n) is 4.25. The van der Waals surface area contributed by atoms with E-state index in [0.29, 0.717) is 6.54 Å². The van der Waals surface area contributed by atoms with Crippen LogP contribution in [0.25, 0.3) is 0 Å². The molecule has 134 valence electrons. The summed E-state index contributed by atoms with van der Waals surface area (Å²) in [6.07, 6.45) is 2.71. The van der Waals surface area contributed by atoms with E-state index in [-0.39, 0.29) is 0 Å². The van der Waals surface area contributed by atoms with Crippen LogP contribution in [0.2, 0.25) is 0 Å². The fourth-order valence-corrected chi connectivity index (χ4v) is 2.88. The molecule has 0 atom stereocenters. The molecule has 2 N–H and O–H groups in total. The minimum Gasteiger partial charge on any atom is -0.314 e. The van der Waals surface area contributed by atoms with Gasteiger partial charge in [-0.3, -0.25) is 9.88 Å². The first-order chi connectivity index (χ1) is 11.9. The van der Waals surface area contributed by atoms with E-state index in [1.165, 1.54) is 0 Å². The number of nitrogens with zero attached hydrogens (tertiary/aromatic N) is 4. The fourth-order valence-electron chi connectivity index (χ4n) is 2.88. The molecule has 0 radical (unpaired) electrons. The van der Waals surface area contributed by atoms with Crippen LogP contribution in [-0.4, -0.2) is 80.2 Å². The molecule has 0 bridgehead atoms. The second-order valence-electron chi connectivity index (χ2n) is 6.15. The Morgan fingerprint density at radius 2 is 1.67 bits per heavy atom. The molecule has 2 rings (SSSR count). The number of pyridine rings is 1. The number of hydrogen-bond donors (Lipinski definition) is 2. The predicted molar refractivity (Wildman–Crippen MR) is 97.0 cm³/mol. The van der Waals surface area contributed by atoms with Crippen molar-refractivity contribution in [3.05, 3.63) is 35.0 Å². The lowest BCUT2D eigenvalue weighted by Gasteiger charge is -2.26. The monoisotopic (exact) mass is 334 g/mol. The molecule has 1 saturated heterocycles. The quantitative estimate of drug-likeness (QED) is 0.584. The Kier molecular flexibility index (Phi) is 9.48. The third-order valence-corrected chi connectivity index (χ3v) is 4.25. The number of nitrogens with one attached hydrogen (secondary N) is 2. The maximum Gasteiger partial charge on any atom is 0.0823 e. The standard InChI is InChI=1S/C17H30N6O/c24-21-6-3-11-22-12-7-18-9-14-23(15-10-19-8-13-22)16-17-4-1-2-5-20-17/h1-2,4-5,18-19H,3,6-16H2. The van der Waals surface area contributed by atoms with Gasteiger partial charge in [-0.2, -0.15) is 4.91 Å². The van der Waals surface area contributed by atoms with E-state index in [1.54, 1.807) is 0 Å². The van der Waals surface area contributed by atoms with Crippen molar-refractivity contribution < 1.29 is 0 Å². The van der Waals surface area contributed by atoms with Crippen molar-refractivity contribution in [2.75, 3.05) is 65.4 Å². The van der Waals surface area contributed by atoms with E-state index in [4.69, 9.17) is 0 Å². The first-order valence-electron chi connectivity index (χ1n) is 8.93. The van der Waals surface area contributed by atoms with Gasteiger partial charge in [-0.15, -0.1) is 0 Å². The van der Waals surface area contributed by atoms with Crippen molar-refractivity contribution in [3.8, 4) is 0 Å². The van der Waals surface area contributed by atoms with Crippen molar-refractivity contribution >= 4 is 0 Å². The molecule has 1 aliphatic heterocycles. The molecule has 7 nitrogen and oxygen atoms in total. The second kappa shape index (κ2) is 12.0. The van der Waals surface area contributed by atoms with E-state index in [9.17, 15) is 4.91 Å². The predicted octanol–water partition coefficient (Wildman–Crippen LogP) is 0.535. The van der Waals surface area contributed by atoms with Gasteiger partial charge in [-0.05, 0) is 18.6 Å². The van der Waals surface area contributed by atoms with Gasteiger partial charge in [0.15, 0.2) is 0 Å². The topological polar surface area (TPSA) is 72.9 Å². The average Bonchev–Trinajstić information content (AvgIpc) is 2.59. The van der Waals surface area contributed by atoms with Crippen LogP contribution < -0.4 is 10.6 Å². The molecule has 1 aromatic rings. The van der Waals surface area contributed by atoms with E-state index < -0.39 is 0 Å². The van der Waals surface area contributed by atoms with Crippen molar-refractivity contribution in [1.82, 2.24) is 25.4 Å². The molecule has 0 unspecified atom stereocenters. The molecule has 0 amide bonds. The summed E-state index contributed by atoms with van der Waals surface area (Å²) in [6, 6.07) is 6.09. The molecular weight excluding hydrogens is 304 g/mol. The summed E-state index contributed by atoms with van der Waals surface area (Å²) in [5.74, 6) is 0. The van der Waals surface area contributed by atoms with Crippen LogP contribution in [0.3, 0.4) is 0 Å². The summed E-state index contributed by atoms with van der Waals surface area (Å²) in [5.41, 5.74) is 1.12. The number of aromatic nitrogens is 1. The normalized spacial score (nSPS) is 19.3. The minimum absolute atomic E-state index is 0.417. The van der Waals surface area contributed by atoms with Crippen LogP contribution >= 0.6 is 0 Å². The van der Waals surface area contributed by atoms with Gasteiger partial charge in [0.1, 0.15) is 0 Å². The largest absolute Gasteiger partial charge is 0.314 e. The zero-order chi connectivity index (χ0) is 16.9. The van der Waals surface area contributed by atoms with E-state index in [1.807, 2.05) is 18.3 Å². The highest BCUT2D eigenvalue weighted by Crippen LogP contribution is 2.00. The highest BCUT2D eigenvalue weighted by atomic mass is 16.3. The molecule has 0 aliphatic carbocycles. The molecule has 0 spiro atoms. The fraction of sp³-hybridized carbons (Fsp3) is 0.706. The van der Waals surface area contributed by atoms with Crippen LogP contribution in [0, 0.1) is 4.91 Å². The molecule has 0 aromatic carbocycles. The highest BCUT2D eigenvalue weighted by molar-refractivity contribution is 5.03. The Bertz CT molecular complexity index is 430. The van der Waals surface area contributed by atoms with Gasteiger partial charge in [0, 0.05) is 71.6 Å². The lowest BCUT2D eigenvalue weighted by molar-refractivity contribution is 0.235. The molecule has 1 fully saturated rings. The lowest BCUT2D eigenvalue weighted by Crippen LogP contribution is -2.43. The number of rotatable bonds is 6. The zero-order valence-corrected chi connectivity index (χ0v) is 14.5. The van der Waals surface area contributed by atoms with E-state index in [2.05, 4.69) is 36.7 Å². The van der Waals surface area contributed by atoms with Crippen LogP contribution in [0.5, 0.6) is 0 Å². The third kappa shape index (κ3) is 7.92. The molecular formula is C17H30N6O. The van der Waals surface area contributed by atoms with Crippen LogP contribution in [-0.2, 0) is 6.54 Å². The molecule has 7 heteroatoms. The summed E-state index contributed by atoms with van der Waals surface area (Å²) >= 11 is 0. The molecule has 1 aromatic heterocycles. The summed E-state index contributed by atoms with van der Waals surface area (Å²) in [5, 5.41) is 10.0. The van der Waals surface area contributed by atoms with E-state index >= 15 is 0 Å². The van der Waals surface area contributed by atoms with Crippen molar-refractivity contribution in [1.29, 1.82) is 0 Å². The van der Waals surface area contributed by atoms with Gasteiger partial charge in [0.05, 0.1) is 12.2 Å². The highest BCUT2D eigenvalue weighted by Gasteiger charge is 2.09. The van der Waals surface area contributed by atoms with Crippen LogP contribution in [0.1, 0.15) is 12.1 Å². The molecule has 0 saturated carbocycles. The molecule has 2 heterocycles. The van der Waals surface area contributed by atoms with Gasteiger partial charge in [-0.25, -0.2) is 0 Å². The van der Waals surface area contributed by atoms with Crippen molar-refractivity contribution in [2.45, 2.75) is 13.0 Å². The Hall–Kier alpha value is -1.41. The molecule has 24 heavy (non-hydrogen) atoms. The lowest BCUT2D eigenvalue weighted by atomic mass is 10.3. The maximum atomic E-state index is 10.2. The Morgan fingerprint density at radius 1 is 1.00 bits per heavy atom. The number of hydrogen-bond acceptors (Lipinski definition) is 7. The summed E-state index contributed by atoms with van der Waals surface area (Å²) in [6.45, 7) is 10.3. The second-order valence-corrected chi connectivity index (χ2v) is 6.15. The first kappa shape index (κ1) is 18.9. The zero-order valence-electron chi connectivity index (χ0n) is 14.5. The maximum absolute atomic E-state index is 10.2. The smallest absolute Gasteiger partial charge is 0.0823 e. The van der Waals surface area contributed by atoms with Gasteiger partial charge >= 0.3 is 0 Å². The van der Waals surface area contributed by atoms with Crippen molar-refractivity contribution in [2.24, 2.45) is 5.18 Å².